The number of carbonyl (C=O) groups is 1. The smallest absolute Gasteiger partial charge is 0.446 e. The Morgan fingerprint density at radius 2 is 2.15 bits per heavy atom. The molecule has 0 aliphatic heterocycles. The maximum atomic E-state index is 12.5. The van der Waals surface area contributed by atoms with Crippen molar-refractivity contribution in [2.75, 3.05) is 6.61 Å². The first kappa shape index (κ1) is 16.7. The Balaban J connectivity index is 3.16. The molecule has 0 atom stereocenters. The summed E-state index contributed by atoms with van der Waals surface area (Å²) >= 11 is 3.65. The lowest BCUT2D eigenvalue weighted by molar-refractivity contribution is -0.142. The van der Waals surface area contributed by atoms with Crippen molar-refractivity contribution in [3.8, 4) is 6.07 Å². The van der Waals surface area contributed by atoms with Crippen LogP contribution in [0.1, 0.15) is 18.1 Å². The third-order valence-electron chi connectivity index (χ3n) is 2.17. The second kappa shape index (κ2) is 6.90. The molecule has 20 heavy (non-hydrogen) atoms. The molecule has 0 saturated carbocycles. The number of hydrogen-bond donors (Lipinski definition) is 1. The van der Waals surface area contributed by atoms with Crippen molar-refractivity contribution in [1.29, 1.82) is 5.26 Å². The van der Waals surface area contributed by atoms with Gasteiger partial charge in [-0.1, -0.05) is 0 Å². The zero-order valence-corrected chi connectivity index (χ0v) is 12.0. The predicted molar refractivity (Wildman–Crippen MR) is 70.7 cm³/mol. The minimum absolute atomic E-state index is 0.0210. The van der Waals surface area contributed by atoms with E-state index in [-0.39, 0.29) is 45.7 Å². The number of esters is 1. The average molecular weight is 321 g/mol. The molecule has 0 bridgehead atoms. The molecule has 0 radical (unpaired) electrons. The lowest BCUT2D eigenvalue weighted by Crippen LogP contribution is -2.10. The number of thioether (sulfide) groups is 1. The first-order valence-electron chi connectivity index (χ1n) is 5.44. The quantitative estimate of drug-likeness (QED) is 0.523. The molecule has 0 heterocycles. The summed E-state index contributed by atoms with van der Waals surface area (Å²) in [6.45, 7) is 1.75. The van der Waals surface area contributed by atoms with Gasteiger partial charge in [-0.25, -0.2) is 0 Å². The van der Waals surface area contributed by atoms with Crippen molar-refractivity contribution >= 4 is 30.4 Å². The lowest BCUT2D eigenvalue weighted by atomic mass is 10.1. The van der Waals surface area contributed by atoms with Crippen LogP contribution in [0.25, 0.3) is 0 Å². The first-order valence-corrected chi connectivity index (χ1v) is 6.70. The summed E-state index contributed by atoms with van der Waals surface area (Å²) in [6.07, 6.45) is -0.300. The molecule has 8 heteroatoms. The van der Waals surface area contributed by atoms with E-state index in [0.717, 1.165) is 6.07 Å². The lowest BCUT2D eigenvalue weighted by Gasteiger charge is -2.12. The molecule has 108 valence electrons. The molecule has 3 nitrogen and oxygen atoms in total. The van der Waals surface area contributed by atoms with E-state index in [1.54, 1.807) is 13.0 Å². The van der Waals surface area contributed by atoms with Crippen molar-refractivity contribution in [3.63, 3.8) is 0 Å². The van der Waals surface area contributed by atoms with E-state index in [2.05, 4.69) is 12.6 Å². The minimum atomic E-state index is -4.51. The van der Waals surface area contributed by atoms with Gasteiger partial charge in [-0.05, 0) is 36.4 Å². The number of rotatable bonds is 4. The summed E-state index contributed by atoms with van der Waals surface area (Å²) in [7, 11) is 0. The van der Waals surface area contributed by atoms with E-state index in [9.17, 15) is 18.0 Å². The fraction of sp³-hybridized carbons (Fsp3) is 0.333. The van der Waals surface area contributed by atoms with Crippen molar-refractivity contribution in [3.05, 3.63) is 23.3 Å². The van der Waals surface area contributed by atoms with E-state index in [1.165, 1.54) is 6.07 Å². The van der Waals surface area contributed by atoms with Crippen LogP contribution in [0.15, 0.2) is 21.9 Å². The van der Waals surface area contributed by atoms with Crippen LogP contribution in [-0.4, -0.2) is 18.1 Å². The van der Waals surface area contributed by atoms with Gasteiger partial charge in [0.05, 0.1) is 18.6 Å². The SMILES string of the molecule is CCOC(=O)Cc1cc(S)c(C#N)cc1SC(F)(F)F. The molecule has 0 aliphatic carbocycles. The van der Waals surface area contributed by atoms with Crippen LogP contribution < -0.4 is 0 Å². The Morgan fingerprint density at radius 3 is 2.65 bits per heavy atom. The third kappa shape index (κ3) is 4.98. The fourth-order valence-corrected chi connectivity index (χ4v) is 2.39. The van der Waals surface area contributed by atoms with Crippen LogP contribution in [-0.2, 0) is 16.0 Å². The predicted octanol–water partition coefficient (Wildman–Crippen LogP) is 3.56. The summed E-state index contributed by atoms with van der Waals surface area (Å²) in [5.74, 6) is -0.631. The van der Waals surface area contributed by atoms with Gasteiger partial charge in [0.2, 0.25) is 0 Å². The number of hydrogen-bond acceptors (Lipinski definition) is 5. The van der Waals surface area contributed by atoms with Crippen LogP contribution in [0, 0.1) is 11.3 Å². The van der Waals surface area contributed by atoms with Gasteiger partial charge in [0, 0.05) is 9.79 Å². The van der Waals surface area contributed by atoms with Crippen LogP contribution in [0.3, 0.4) is 0 Å². The van der Waals surface area contributed by atoms with E-state index in [1.807, 2.05) is 0 Å². The number of nitrogens with zero attached hydrogens (tertiary/aromatic N) is 1. The number of carbonyl (C=O) groups excluding carboxylic acids is 1. The Labute approximate surface area is 123 Å². The highest BCUT2D eigenvalue weighted by atomic mass is 32.2. The second-order valence-corrected chi connectivity index (χ2v) is 5.21. The van der Waals surface area contributed by atoms with Gasteiger partial charge in [-0.3, -0.25) is 4.79 Å². The highest BCUT2D eigenvalue weighted by molar-refractivity contribution is 8.00. The van der Waals surface area contributed by atoms with Crippen molar-refractivity contribution in [2.45, 2.75) is 28.6 Å². The number of halogens is 3. The van der Waals surface area contributed by atoms with Gasteiger partial charge in [0.25, 0.3) is 0 Å². The zero-order valence-electron chi connectivity index (χ0n) is 10.3. The maximum absolute atomic E-state index is 12.5. The van der Waals surface area contributed by atoms with Gasteiger partial charge in [0.1, 0.15) is 6.07 Å². The molecule has 0 saturated heterocycles. The van der Waals surface area contributed by atoms with Crippen LogP contribution in [0.2, 0.25) is 0 Å². The minimum Gasteiger partial charge on any atom is -0.466 e. The average Bonchev–Trinajstić information content (AvgIpc) is 2.31. The molecule has 1 rings (SSSR count). The van der Waals surface area contributed by atoms with Gasteiger partial charge in [0.15, 0.2) is 0 Å². The number of ether oxygens (including phenoxy) is 1. The Morgan fingerprint density at radius 1 is 1.50 bits per heavy atom. The summed E-state index contributed by atoms with van der Waals surface area (Å²) in [5.41, 5.74) is -4.35. The molecule has 0 aliphatic rings. The highest BCUT2D eigenvalue weighted by Gasteiger charge is 2.31. The zero-order chi connectivity index (χ0) is 15.3. The van der Waals surface area contributed by atoms with Gasteiger partial charge < -0.3 is 4.74 Å². The van der Waals surface area contributed by atoms with Gasteiger partial charge in [-0.2, -0.15) is 18.4 Å². The normalized spacial score (nSPS) is 11.0. The van der Waals surface area contributed by atoms with E-state index >= 15 is 0 Å². The molecule has 0 N–H and O–H groups in total. The Hall–Kier alpha value is -1.33. The summed E-state index contributed by atoms with van der Waals surface area (Å²) < 4.78 is 42.2. The molecule has 0 spiro atoms. The van der Waals surface area contributed by atoms with Gasteiger partial charge >= 0.3 is 11.5 Å². The summed E-state index contributed by atoms with van der Waals surface area (Å²) in [5, 5.41) is 8.82. The number of thiol groups is 1. The molecule has 1 aromatic carbocycles. The van der Waals surface area contributed by atoms with Crippen molar-refractivity contribution in [1.82, 2.24) is 0 Å². The Bertz CT molecular complexity index is 553. The number of benzene rings is 1. The molecular weight excluding hydrogens is 311 g/mol. The molecule has 0 amide bonds. The fourth-order valence-electron chi connectivity index (χ4n) is 1.43. The molecule has 0 aromatic heterocycles. The summed E-state index contributed by atoms with van der Waals surface area (Å²) in [6, 6.07) is 4.12. The summed E-state index contributed by atoms with van der Waals surface area (Å²) in [4.78, 5) is 11.4. The van der Waals surface area contributed by atoms with E-state index in [0.29, 0.717) is 0 Å². The van der Waals surface area contributed by atoms with E-state index < -0.39 is 11.5 Å². The number of nitriles is 1. The number of alkyl halides is 3. The monoisotopic (exact) mass is 321 g/mol. The third-order valence-corrected chi connectivity index (χ3v) is 3.37. The topological polar surface area (TPSA) is 50.1 Å². The van der Waals surface area contributed by atoms with Gasteiger partial charge in [-0.15, -0.1) is 12.6 Å². The maximum Gasteiger partial charge on any atom is 0.446 e. The highest BCUT2D eigenvalue weighted by Crippen LogP contribution is 2.40. The second-order valence-electron chi connectivity index (χ2n) is 3.62. The molecule has 0 unspecified atom stereocenters. The van der Waals surface area contributed by atoms with Crippen LogP contribution in [0.4, 0.5) is 13.2 Å². The standard InChI is InChI=1S/C12H10F3NO2S2/c1-2-18-11(17)5-7-3-9(19)8(6-16)4-10(7)20-12(13,14)15/h3-4,19H,2,5H2,1H3. The molecular formula is C12H10F3NO2S2. The molecule has 0 fully saturated rings. The van der Waals surface area contributed by atoms with Crippen LogP contribution >= 0.6 is 24.4 Å². The van der Waals surface area contributed by atoms with Crippen molar-refractivity contribution in [2.24, 2.45) is 0 Å². The van der Waals surface area contributed by atoms with Crippen LogP contribution in [0.5, 0.6) is 0 Å². The van der Waals surface area contributed by atoms with Crippen molar-refractivity contribution < 1.29 is 22.7 Å². The first-order chi connectivity index (χ1) is 9.26. The molecule has 1 aromatic rings. The largest absolute Gasteiger partial charge is 0.466 e. The van der Waals surface area contributed by atoms with E-state index in [4.69, 9.17) is 10.00 Å². The Kier molecular flexibility index (Phi) is 5.77.